The number of nitrogens with zero attached hydrogens (tertiary/aromatic N) is 1. The second-order valence-corrected chi connectivity index (χ2v) is 7.71. The summed E-state index contributed by atoms with van der Waals surface area (Å²) in [5, 5.41) is 11.0. The maximum atomic E-state index is 12.8. The lowest BCUT2D eigenvalue weighted by Gasteiger charge is -2.34. The Bertz CT molecular complexity index is 789. The molecule has 2 atom stereocenters. The van der Waals surface area contributed by atoms with Crippen molar-refractivity contribution in [3.05, 3.63) is 33.1 Å². The summed E-state index contributed by atoms with van der Waals surface area (Å²) in [5.41, 5.74) is 0. The Morgan fingerprint density at radius 2 is 2.09 bits per heavy atom. The fraction of sp³-hybridized carbons (Fsp3) is 0.375. The Labute approximate surface area is 147 Å². The van der Waals surface area contributed by atoms with E-state index < -0.39 is 11.9 Å². The molecule has 0 radical (unpaired) electrons. The number of hydrogen-bond donors (Lipinski definition) is 1. The van der Waals surface area contributed by atoms with Gasteiger partial charge in [-0.05, 0) is 24.5 Å². The Hall–Kier alpha value is -1.30. The van der Waals surface area contributed by atoms with Crippen LogP contribution >= 0.6 is 34.5 Å². The van der Waals surface area contributed by atoms with Crippen LogP contribution < -0.4 is 0 Å². The highest BCUT2D eigenvalue weighted by molar-refractivity contribution is 7.21. The number of thiophene rings is 1. The number of carbonyl (C=O) groups excluding carboxylic acids is 1. The van der Waals surface area contributed by atoms with Crippen LogP contribution in [0, 0.1) is 11.8 Å². The minimum Gasteiger partial charge on any atom is -0.481 e. The van der Waals surface area contributed by atoms with Crippen LogP contribution in [0.1, 0.15) is 23.0 Å². The van der Waals surface area contributed by atoms with Crippen LogP contribution in [0.2, 0.25) is 10.0 Å². The van der Waals surface area contributed by atoms with Crippen LogP contribution in [0.3, 0.4) is 0 Å². The molecule has 1 fully saturated rings. The summed E-state index contributed by atoms with van der Waals surface area (Å²) >= 11 is 13.7. The summed E-state index contributed by atoms with van der Waals surface area (Å²) in [7, 11) is 0. The first-order valence-electron chi connectivity index (χ1n) is 7.28. The van der Waals surface area contributed by atoms with Crippen molar-refractivity contribution in [2.24, 2.45) is 11.8 Å². The van der Waals surface area contributed by atoms with Gasteiger partial charge in [-0.3, -0.25) is 9.59 Å². The van der Waals surface area contributed by atoms with E-state index in [2.05, 4.69) is 0 Å². The fourth-order valence-corrected chi connectivity index (χ4v) is 4.77. The molecule has 1 N–H and O–H groups in total. The Balaban J connectivity index is 1.87. The van der Waals surface area contributed by atoms with Gasteiger partial charge in [-0.25, -0.2) is 0 Å². The highest BCUT2D eigenvalue weighted by atomic mass is 35.5. The van der Waals surface area contributed by atoms with Crippen LogP contribution in [0.5, 0.6) is 0 Å². The van der Waals surface area contributed by atoms with Crippen molar-refractivity contribution in [3.8, 4) is 0 Å². The normalized spacial score (nSPS) is 21.6. The molecule has 23 heavy (non-hydrogen) atoms. The molecule has 2 aromatic rings. The third kappa shape index (κ3) is 3.05. The third-order valence-electron chi connectivity index (χ3n) is 4.30. The molecule has 7 heteroatoms. The van der Waals surface area contributed by atoms with E-state index in [0.29, 0.717) is 34.4 Å². The molecule has 0 saturated carbocycles. The van der Waals surface area contributed by atoms with Crippen LogP contribution in [-0.2, 0) is 4.79 Å². The molecule has 1 aliphatic rings. The van der Waals surface area contributed by atoms with Gasteiger partial charge in [0.15, 0.2) is 0 Å². The number of aliphatic carboxylic acids is 1. The molecule has 0 spiro atoms. The number of fused-ring (bicyclic) bond motifs is 1. The Morgan fingerprint density at radius 3 is 2.74 bits per heavy atom. The second-order valence-electron chi connectivity index (χ2n) is 5.85. The number of halogens is 2. The number of carboxylic acid groups (broad SMARTS) is 1. The third-order valence-corrected chi connectivity index (χ3v) is 6.18. The van der Waals surface area contributed by atoms with Crippen molar-refractivity contribution < 1.29 is 14.7 Å². The zero-order valence-corrected chi connectivity index (χ0v) is 14.7. The lowest BCUT2D eigenvalue weighted by molar-refractivity contribution is -0.145. The molecule has 1 amide bonds. The van der Waals surface area contributed by atoms with Gasteiger partial charge in [-0.2, -0.15) is 0 Å². The van der Waals surface area contributed by atoms with Crippen molar-refractivity contribution in [2.75, 3.05) is 13.1 Å². The molecule has 1 saturated heterocycles. The first-order chi connectivity index (χ1) is 10.9. The second kappa shape index (κ2) is 6.30. The summed E-state index contributed by atoms with van der Waals surface area (Å²) < 4.78 is 0.874. The van der Waals surface area contributed by atoms with Crippen molar-refractivity contribution in [1.82, 2.24) is 4.90 Å². The van der Waals surface area contributed by atoms with E-state index in [0.717, 1.165) is 10.1 Å². The van der Waals surface area contributed by atoms with Gasteiger partial charge in [0.2, 0.25) is 0 Å². The summed E-state index contributed by atoms with van der Waals surface area (Å²) in [6, 6.07) is 5.35. The molecule has 2 unspecified atom stereocenters. The van der Waals surface area contributed by atoms with Gasteiger partial charge in [-0.1, -0.05) is 36.2 Å². The molecule has 122 valence electrons. The minimum atomic E-state index is -0.792. The monoisotopic (exact) mass is 371 g/mol. The Kier molecular flexibility index (Phi) is 4.54. The van der Waals surface area contributed by atoms with Crippen LogP contribution in [0.25, 0.3) is 10.1 Å². The lowest BCUT2D eigenvalue weighted by Crippen LogP contribution is -2.44. The summed E-state index contributed by atoms with van der Waals surface area (Å²) in [5.74, 6) is -1.40. The zero-order chi connectivity index (χ0) is 16.7. The molecule has 2 heterocycles. The number of likely N-dealkylation sites (tertiary alicyclic amines) is 1. The molecule has 3 rings (SSSR count). The van der Waals surface area contributed by atoms with E-state index in [4.69, 9.17) is 23.2 Å². The number of carboxylic acids is 1. The van der Waals surface area contributed by atoms with E-state index in [1.807, 2.05) is 13.0 Å². The lowest BCUT2D eigenvalue weighted by atomic mass is 9.87. The van der Waals surface area contributed by atoms with Crippen molar-refractivity contribution in [2.45, 2.75) is 13.3 Å². The quantitative estimate of drug-likeness (QED) is 0.851. The topological polar surface area (TPSA) is 57.6 Å². The average molecular weight is 372 g/mol. The molecular weight excluding hydrogens is 357 g/mol. The van der Waals surface area contributed by atoms with Crippen molar-refractivity contribution in [3.63, 3.8) is 0 Å². The first-order valence-corrected chi connectivity index (χ1v) is 8.85. The van der Waals surface area contributed by atoms with E-state index in [-0.39, 0.29) is 11.8 Å². The van der Waals surface area contributed by atoms with Gasteiger partial charge in [0, 0.05) is 28.2 Å². The van der Waals surface area contributed by atoms with Crippen molar-refractivity contribution >= 4 is 56.5 Å². The standard InChI is InChI=1S/C16H15Cl2NO3S/c1-8-7-19(5-4-10(8)16(21)22)15(20)14-13(18)11-3-2-9(17)6-12(11)23-14/h2-3,6,8,10H,4-5,7H2,1H3,(H,21,22). The van der Waals surface area contributed by atoms with Crippen LogP contribution in [0.4, 0.5) is 0 Å². The molecular formula is C16H15Cl2NO3S. The van der Waals surface area contributed by atoms with Gasteiger partial charge in [0.1, 0.15) is 4.88 Å². The molecule has 1 aromatic carbocycles. The summed E-state index contributed by atoms with van der Waals surface area (Å²) in [4.78, 5) is 26.1. The van der Waals surface area contributed by atoms with Gasteiger partial charge in [-0.15, -0.1) is 11.3 Å². The van der Waals surface area contributed by atoms with Crippen LogP contribution in [0.15, 0.2) is 18.2 Å². The molecule has 1 aromatic heterocycles. The SMILES string of the molecule is CC1CN(C(=O)c2sc3cc(Cl)ccc3c2Cl)CCC1C(=O)O. The number of benzene rings is 1. The number of rotatable bonds is 2. The first kappa shape index (κ1) is 16.6. The fourth-order valence-electron chi connectivity index (χ4n) is 3.02. The minimum absolute atomic E-state index is 0.0761. The molecule has 4 nitrogen and oxygen atoms in total. The highest BCUT2D eigenvalue weighted by Gasteiger charge is 2.34. The van der Waals surface area contributed by atoms with Crippen molar-refractivity contribution in [1.29, 1.82) is 0 Å². The van der Waals surface area contributed by atoms with E-state index in [1.54, 1.807) is 17.0 Å². The smallest absolute Gasteiger partial charge is 0.306 e. The average Bonchev–Trinajstić information content (AvgIpc) is 2.82. The van der Waals surface area contributed by atoms with Gasteiger partial charge in [0.25, 0.3) is 5.91 Å². The number of carbonyl (C=O) groups is 2. The summed E-state index contributed by atoms with van der Waals surface area (Å²) in [6.07, 6.45) is 0.469. The molecule has 0 bridgehead atoms. The predicted molar refractivity (Wildman–Crippen MR) is 92.7 cm³/mol. The van der Waals surface area contributed by atoms with E-state index in [9.17, 15) is 14.7 Å². The zero-order valence-electron chi connectivity index (χ0n) is 12.4. The van der Waals surface area contributed by atoms with Gasteiger partial charge in [0.05, 0.1) is 10.9 Å². The molecule has 0 aliphatic carbocycles. The summed E-state index contributed by atoms with van der Waals surface area (Å²) in [6.45, 7) is 2.73. The van der Waals surface area contributed by atoms with Crippen LogP contribution in [-0.4, -0.2) is 35.0 Å². The molecule has 1 aliphatic heterocycles. The van der Waals surface area contributed by atoms with E-state index >= 15 is 0 Å². The maximum Gasteiger partial charge on any atom is 0.306 e. The number of piperidine rings is 1. The van der Waals surface area contributed by atoms with Gasteiger partial charge < -0.3 is 10.0 Å². The number of amides is 1. The van der Waals surface area contributed by atoms with Gasteiger partial charge >= 0.3 is 5.97 Å². The van der Waals surface area contributed by atoms with E-state index in [1.165, 1.54) is 11.3 Å². The largest absolute Gasteiger partial charge is 0.481 e. The predicted octanol–water partition coefficient (Wildman–Crippen LogP) is 4.39. The Morgan fingerprint density at radius 1 is 1.35 bits per heavy atom. The number of hydrogen-bond acceptors (Lipinski definition) is 3. The maximum absolute atomic E-state index is 12.8. The highest BCUT2D eigenvalue weighted by Crippen LogP contribution is 2.38.